The Bertz CT molecular complexity index is 1070. The molecule has 1 saturated carbocycles. The van der Waals surface area contributed by atoms with E-state index in [9.17, 15) is 4.79 Å². The molecule has 2 aromatic carbocycles. The molecule has 7 heteroatoms. The highest BCUT2D eigenvalue weighted by molar-refractivity contribution is 6.36. The summed E-state index contributed by atoms with van der Waals surface area (Å²) in [7, 11) is 1.87. The summed E-state index contributed by atoms with van der Waals surface area (Å²) in [5, 5.41) is 1.66. The van der Waals surface area contributed by atoms with Crippen LogP contribution < -0.4 is 0 Å². The summed E-state index contributed by atoms with van der Waals surface area (Å²) >= 11 is 18.6. The van der Waals surface area contributed by atoms with Gasteiger partial charge in [-0.05, 0) is 43.2 Å². The first-order valence-electron chi connectivity index (χ1n) is 10.5. The van der Waals surface area contributed by atoms with E-state index in [-0.39, 0.29) is 11.9 Å². The fraction of sp³-hybridized carbons (Fsp3) is 0.333. The van der Waals surface area contributed by atoms with Crippen LogP contribution in [-0.4, -0.2) is 33.9 Å². The average molecular weight is 477 g/mol. The number of amides is 1. The molecule has 1 heterocycles. The van der Waals surface area contributed by atoms with Gasteiger partial charge in [0.15, 0.2) is 5.82 Å². The largest absolute Gasteiger partial charge is 0.336 e. The normalized spacial score (nSPS) is 15.0. The van der Waals surface area contributed by atoms with Crippen molar-refractivity contribution in [3.05, 3.63) is 63.4 Å². The summed E-state index contributed by atoms with van der Waals surface area (Å²) in [5.74, 6) is 0.191. The maximum Gasteiger partial charge on any atom is 0.289 e. The zero-order chi connectivity index (χ0) is 22.0. The molecule has 0 spiro atoms. The topological polar surface area (TPSA) is 49.0 Å². The van der Waals surface area contributed by atoms with Crippen LogP contribution in [0.25, 0.3) is 22.5 Å². The van der Waals surface area contributed by atoms with E-state index < -0.39 is 0 Å². The van der Waals surface area contributed by atoms with Crippen molar-refractivity contribution in [1.29, 1.82) is 0 Å². The fourth-order valence-electron chi connectivity index (χ4n) is 4.15. The van der Waals surface area contributed by atoms with Gasteiger partial charge in [0.25, 0.3) is 5.91 Å². The minimum Gasteiger partial charge on any atom is -0.336 e. The van der Waals surface area contributed by atoms with Crippen LogP contribution in [0, 0.1) is 0 Å². The third-order valence-corrected chi connectivity index (χ3v) is 6.72. The molecule has 3 aromatic rings. The van der Waals surface area contributed by atoms with E-state index in [2.05, 4.69) is 4.98 Å². The number of nitrogens with zero attached hydrogens (tertiary/aromatic N) is 2. The second-order valence-corrected chi connectivity index (χ2v) is 9.28. The van der Waals surface area contributed by atoms with Crippen molar-refractivity contribution < 1.29 is 4.79 Å². The van der Waals surface area contributed by atoms with E-state index in [1.807, 2.05) is 42.3 Å². The van der Waals surface area contributed by atoms with Crippen molar-refractivity contribution in [2.24, 2.45) is 0 Å². The summed E-state index contributed by atoms with van der Waals surface area (Å²) in [5.41, 5.74) is 2.91. The smallest absolute Gasteiger partial charge is 0.289 e. The molecular weight excluding hydrogens is 453 g/mol. The Morgan fingerprint density at radius 1 is 0.968 bits per heavy atom. The van der Waals surface area contributed by atoms with Crippen LogP contribution in [-0.2, 0) is 0 Å². The standard InChI is InChI=1S/C24H24Cl3N3O/c1-30(18-6-4-2-3-5-7-18)24(31)23-28-21(15-8-10-16(25)11-9-15)22(29-23)19-13-12-17(26)14-20(19)27/h8-14,18H,2-7H2,1H3,(H,28,29). The number of aromatic amines is 1. The summed E-state index contributed by atoms with van der Waals surface area (Å²) < 4.78 is 0. The minimum absolute atomic E-state index is 0.113. The Kier molecular flexibility index (Phi) is 6.90. The first-order chi connectivity index (χ1) is 14.9. The van der Waals surface area contributed by atoms with E-state index in [1.54, 1.807) is 12.1 Å². The number of rotatable bonds is 4. The number of hydrogen-bond donors (Lipinski definition) is 1. The molecule has 1 aliphatic carbocycles. The quantitative estimate of drug-likeness (QED) is 0.396. The summed E-state index contributed by atoms with van der Waals surface area (Å²) in [4.78, 5) is 23.1. The van der Waals surface area contributed by atoms with E-state index in [0.29, 0.717) is 32.1 Å². The Morgan fingerprint density at radius 3 is 2.26 bits per heavy atom. The molecule has 0 unspecified atom stereocenters. The molecule has 0 radical (unpaired) electrons. The van der Waals surface area contributed by atoms with Crippen molar-refractivity contribution >= 4 is 40.7 Å². The number of carbonyl (C=O) groups is 1. The molecule has 0 bridgehead atoms. The van der Waals surface area contributed by atoms with E-state index in [4.69, 9.17) is 39.8 Å². The molecule has 0 aliphatic heterocycles. The molecule has 1 fully saturated rings. The van der Waals surface area contributed by atoms with E-state index in [0.717, 1.165) is 36.9 Å². The SMILES string of the molecule is CN(C(=O)c1nc(-c2ccc(Cl)cc2Cl)c(-c2ccc(Cl)cc2)[nH]1)C1CCCCCC1. The highest BCUT2D eigenvalue weighted by Crippen LogP contribution is 2.36. The Morgan fingerprint density at radius 2 is 1.61 bits per heavy atom. The Labute approximate surface area is 197 Å². The molecule has 162 valence electrons. The summed E-state index contributed by atoms with van der Waals surface area (Å²) in [6.45, 7) is 0. The molecule has 0 saturated heterocycles. The van der Waals surface area contributed by atoms with Crippen LogP contribution in [0.4, 0.5) is 0 Å². The van der Waals surface area contributed by atoms with Gasteiger partial charge in [-0.2, -0.15) is 0 Å². The average Bonchev–Trinajstić information content (AvgIpc) is 3.00. The van der Waals surface area contributed by atoms with Crippen molar-refractivity contribution in [3.8, 4) is 22.5 Å². The zero-order valence-electron chi connectivity index (χ0n) is 17.3. The number of halogens is 3. The van der Waals surface area contributed by atoms with Gasteiger partial charge < -0.3 is 9.88 Å². The van der Waals surface area contributed by atoms with Gasteiger partial charge in [-0.3, -0.25) is 4.79 Å². The lowest BCUT2D eigenvalue weighted by molar-refractivity contribution is 0.0706. The van der Waals surface area contributed by atoms with Crippen LogP contribution in [0.2, 0.25) is 15.1 Å². The molecule has 31 heavy (non-hydrogen) atoms. The molecule has 0 atom stereocenters. The molecule has 1 N–H and O–H groups in total. The van der Waals surface area contributed by atoms with Crippen LogP contribution in [0.5, 0.6) is 0 Å². The van der Waals surface area contributed by atoms with Crippen LogP contribution in [0.15, 0.2) is 42.5 Å². The van der Waals surface area contributed by atoms with Crippen molar-refractivity contribution in [1.82, 2.24) is 14.9 Å². The summed E-state index contributed by atoms with van der Waals surface area (Å²) in [6.07, 6.45) is 6.84. The van der Waals surface area contributed by atoms with Crippen LogP contribution >= 0.6 is 34.8 Å². The van der Waals surface area contributed by atoms with Gasteiger partial charge in [0, 0.05) is 34.3 Å². The van der Waals surface area contributed by atoms with Crippen molar-refractivity contribution in [2.75, 3.05) is 7.05 Å². The first kappa shape index (κ1) is 22.2. The third kappa shape index (κ3) is 4.92. The predicted molar refractivity (Wildman–Crippen MR) is 128 cm³/mol. The van der Waals surface area contributed by atoms with Crippen molar-refractivity contribution in [2.45, 2.75) is 44.6 Å². The van der Waals surface area contributed by atoms with Gasteiger partial charge in [-0.15, -0.1) is 0 Å². The van der Waals surface area contributed by atoms with Gasteiger partial charge in [-0.25, -0.2) is 4.98 Å². The number of benzene rings is 2. The maximum absolute atomic E-state index is 13.3. The second-order valence-electron chi connectivity index (χ2n) is 8.00. The second kappa shape index (κ2) is 9.64. The number of hydrogen-bond acceptors (Lipinski definition) is 2. The van der Waals surface area contributed by atoms with Gasteiger partial charge in [0.05, 0.1) is 16.4 Å². The monoisotopic (exact) mass is 475 g/mol. The molecular formula is C24H24Cl3N3O. The fourth-order valence-corrected chi connectivity index (χ4v) is 4.78. The van der Waals surface area contributed by atoms with E-state index >= 15 is 0 Å². The van der Waals surface area contributed by atoms with Gasteiger partial charge in [-0.1, -0.05) is 72.6 Å². The van der Waals surface area contributed by atoms with Gasteiger partial charge >= 0.3 is 0 Å². The third-order valence-electron chi connectivity index (χ3n) is 5.92. The van der Waals surface area contributed by atoms with Gasteiger partial charge in [0.2, 0.25) is 0 Å². The number of imidazole rings is 1. The highest BCUT2D eigenvalue weighted by Gasteiger charge is 2.26. The molecule has 1 aliphatic rings. The summed E-state index contributed by atoms with van der Waals surface area (Å²) in [6, 6.07) is 12.9. The molecule has 1 amide bonds. The predicted octanol–water partition coefficient (Wildman–Crippen LogP) is 7.50. The first-order valence-corrected chi connectivity index (χ1v) is 11.7. The lowest BCUT2D eigenvalue weighted by atomic mass is 10.1. The number of aromatic nitrogens is 2. The number of nitrogens with one attached hydrogen (secondary N) is 1. The Hall–Kier alpha value is -2.01. The lowest BCUT2D eigenvalue weighted by Gasteiger charge is -2.26. The maximum atomic E-state index is 13.3. The highest BCUT2D eigenvalue weighted by atomic mass is 35.5. The van der Waals surface area contributed by atoms with E-state index in [1.165, 1.54) is 12.8 Å². The molecule has 1 aromatic heterocycles. The molecule has 4 nitrogen and oxygen atoms in total. The number of H-pyrrole nitrogens is 1. The van der Waals surface area contributed by atoms with Gasteiger partial charge in [0.1, 0.15) is 0 Å². The van der Waals surface area contributed by atoms with Crippen LogP contribution in [0.1, 0.15) is 49.1 Å². The van der Waals surface area contributed by atoms with Crippen molar-refractivity contribution in [3.63, 3.8) is 0 Å². The zero-order valence-corrected chi connectivity index (χ0v) is 19.6. The molecule has 4 rings (SSSR count). The minimum atomic E-state index is -0.113. The van der Waals surface area contributed by atoms with Crippen LogP contribution in [0.3, 0.4) is 0 Å². The number of carbonyl (C=O) groups excluding carboxylic acids is 1. The lowest BCUT2D eigenvalue weighted by Crippen LogP contribution is -2.37. The Balaban J connectivity index is 1.75.